The molecule has 0 spiro atoms. The first-order valence-corrected chi connectivity index (χ1v) is 12.2. The summed E-state index contributed by atoms with van der Waals surface area (Å²) in [6.45, 7) is 1.29. The fraction of sp³-hybridized carbons (Fsp3) is 0.217. The van der Waals surface area contributed by atoms with E-state index in [0.717, 1.165) is 23.3 Å². The van der Waals surface area contributed by atoms with Crippen molar-refractivity contribution in [3.8, 4) is 5.75 Å². The molecule has 0 radical (unpaired) electrons. The van der Waals surface area contributed by atoms with Gasteiger partial charge in [0, 0.05) is 12.6 Å². The zero-order valence-electron chi connectivity index (χ0n) is 17.7. The Kier molecular flexibility index (Phi) is 7.66. The molecule has 1 aromatic heterocycles. The second kappa shape index (κ2) is 10.4. The van der Waals surface area contributed by atoms with Gasteiger partial charge in [0.15, 0.2) is 19.0 Å². The Morgan fingerprint density at radius 2 is 1.66 bits per heavy atom. The molecule has 0 unspecified atom stereocenters. The Bertz CT molecular complexity index is 1150. The summed E-state index contributed by atoms with van der Waals surface area (Å²) in [5, 5.41) is 1.70. The standard InChI is InChI=1S/C23H23NO6S2/c1-3-17-6-8-18(9-7-17)21(25)15-30-22(26)16-29-20-12-10-19(11-13-20)24(2)32(27,28)23-5-4-14-31-23/h4-14H,3,15-16H2,1-2H3. The van der Waals surface area contributed by atoms with Crippen molar-refractivity contribution < 1.29 is 27.5 Å². The van der Waals surface area contributed by atoms with Crippen molar-refractivity contribution in [2.75, 3.05) is 24.6 Å². The highest BCUT2D eigenvalue weighted by atomic mass is 32.2. The molecule has 0 aliphatic carbocycles. The predicted octanol–water partition coefficient (Wildman–Crippen LogP) is 3.94. The van der Waals surface area contributed by atoms with Gasteiger partial charge in [0.1, 0.15) is 9.96 Å². The number of ketones is 1. The van der Waals surface area contributed by atoms with Crippen molar-refractivity contribution in [2.24, 2.45) is 0 Å². The van der Waals surface area contributed by atoms with E-state index in [4.69, 9.17) is 9.47 Å². The molecule has 0 aliphatic rings. The van der Waals surface area contributed by atoms with Crippen molar-refractivity contribution >= 4 is 38.8 Å². The lowest BCUT2D eigenvalue weighted by Crippen LogP contribution is -2.25. The second-order valence-electron chi connectivity index (χ2n) is 6.82. The molecule has 0 bridgehead atoms. The normalized spacial score (nSPS) is 11.1. The topological polar surface area (TPSA) is 90.0 Å². The van der Waals surface area contributed by atoms with E-state index in [1.54, 1.807) is 53.9 Å². The third-order valence-corrected chi connectivity index (χ3v) is 7.87. The van der Waals surface area contributed by atoms with Crippen LogP contribution in [0.4, 0.5) is 5.69 Å². The molecule has 168 valence electrons. The fourth-order valence-corrected chi connectivity index (χ4v) is 5.13. The molecule has 0 saturated heterocycles. The summed E-state index contributed by atoms with van der Waals surface area (Å²) in [5.41, 5.74) is 2.05. The molecule has 3 aromatic rings. The minimum atomic E-state index is -3.62. The summed E-state index contributed by atoms with van der Waals surface area (Å²) < 4.78 is 36.9. The van der Waals surface area contributed by atoms with Crippen LogP contribution in [0.5, 0.6) is 5.75 Å². The van der Waals surface area contributed by atoms with Gasteiger partial charge in [0.05, 0.1) is 5.69 Å². The number of ether oxygens (including phenoxy) is 2. The highest BCUT2D eigenvalue weighted by Crippen LogP contribution is 2.26. The van der Waals surface area contributed by atoms with Crippen LogP contribution in [0.2, 0.25) is 0 Å². The molecule has 0 fully saturated rings. The zero-order valence-corrected chi connectivity index (χ0v) is 19.3. The van der Waals surface area contributed by atoms with Crippen LogP contribution in [0.3, 0.4) is 0 Å². The third kappa shape index (κ3) is 5.74. The van der Waals surface area contributed by atoms with Gasteiger partial charge in [-0.2, -0.15) is 0 Å². The molecule has 7 nitrogen and oxygen atoms in total. The first-order valence-electron chi connectivity index (χ1n) is 9.84. The Morgan fingerprint density at radius 1 is 0.969 bits per heavy atom. The van der Waals surface area contributed by atoms with E-state index < -0.39 is 16.0 Å². The Morgan fingerprint density at radius 3 is 2.25 bits per heavy atom. The number of nitrogens with zero attached hydrogens (tertiary/aromatic N) is 1. The van der Waals surface area contributed by atoms with Crippen LogP contribution in [0.15, 0.2) is 70.3 Å². The Hall–Kier alpha value is -3.17. The van der Waals surface area contributed by atoms with Crippen molar-refractivity contribution in [3.05, 3.63) is 77.2 Å². The van der Waals surface area contributed by atoms with Crippen LogP contribution in [-0.2, 0) is 26.0 Å². The highest BCUT2D eigenvalue weighted by molar-refractivity contribution is 7.94. The van der Waals surface area contributed by atoms with Crippen molar-refractivity contribution in [3.63, 3.8) is 0 Å². The van der Waals surface area contributed by atoms with Crippen LogP contribution in [0, 0.1) is 0 Å². The average Bonchev–Trinajstić information content (AvgIpc) is 3.37. The number of sulfonamides is 1. The van der Waals surface area contributed by atoms with Crippen LogP contribution in [0.1, 0.15) is 22.8 Å². The Labute approximate surface area is 191 Å². The number of rotatable bonds is 10. The maximum Gasteiger partial charge on any atom is 0.344 e. The molecule has 0 N–H and O–H groups in total. The van der Waals surface area contributed by atoms with Gasteiger partial charge >= 0.3 is 5.97 Å². The van der Waals surface area contributed by atoms with Crippen molar-refractivity contribution in [1.29, 1.82) is 0 Å². The van der Waals surface area contributed by atoms with Gasteiger partial charge in [0.25, 0.3) is 10.0 Å². The van der Waals surface area contributed by atoms with Gasteiger partial charge < -0.3 is 9.47 Å². The SMILES string of the molecule is CCc1ccc(C(=O)COC(=O)COc2ccc(N(C)S(=O)(=O)c3cccs3)cc2)cc1. The number of Topliss-reactive ketones (excluding diaryl/α,β-unsaturated/α-hetero) is 1. The molecular weight excluding hydrogens is 450 g/mol. The predicted molar refractivity (Wildman–Crippen MR) is 123 cm³/mol. The van der Waals surface area contributed by atoms with E-state index in [1.165, 1.54) is 11.4 Å². The molecule has 0 amide bonds. The number of carbonyl (C=O) groups excluding carboxylic acids is 2. The van der Waals surface area contributed by atoms with E-state index >= 15 is 0 Å². The average molecular weight is 474 g/mol. The molecule has 1 heterocycles. The van der Waals surface area contributed by atoms with Crippen LogP contribution in [0.25, 0.3) is 0 Å². The van der Waals surface area contributed by atoms with Gasteiger partial charge in [-0.15, -0.1) is 11.3 Å². The van der Waals surface area contributed by atoms with E-state index in [0.29, 0.717) is 17.0 Å². The quantitative estimate of drug-likeness (QED) is 0.327. The van der Waals surface area contributed by atoms with Crippen LogP contribution >= 0.6 is 11.3 Å². The second-order valence-corrected chi connectivity index (χ2v) is 9.97. The molecule has 2 aromatic carbocycles. The van der Waals surface area contributed by atoms with Gasteiger partial charge in [-0.05, 0) is 47.7 Å². The number of aryl methyl sites for hydroxylation is 1. The number of benzene rings is 2. The number of thiophene rings is 1. The lowest BCUT2D eigenvalue weighted by molar-refractivity contribution is -0.144. The van der Waals surface area contributed by atoms with Gasteiger partial charge in [-0.25, -0.2) is 13.2 Å². The van der Waals surface area contributed by atoms with E-state index in [9.17, 15) is 18.0 Å². The first kappa shape index (κ1) is 23.5. The minimum absolute atomic E-state index is 0.249. The van der Waals surface area contributed by atoms with Crippen molar-refractivity contribution in [2.45, 2.75) is 17.6 Å². The third-order valence-electron chi connectivity index (χ3n) is 4.72. The number of carbonyl (C=O) groups is 2. The first-order chi connectivity index (χ1) is 15.3. The summed E-state index contributed by atoms with van der Waals surface area (Å²) in [5.74, 6) is -0.598. The monoisotopic (exact) mass is 473 g/mol. The summed E-state index contributed by atoms with van der Waals surface area (Å²) in [4.78, 5) is 24.0. The van der Waals surface area contributed by atoms with Gasteiger partial charge in [0.2, 0.25) is 0 Å². The molecule has 32 heavy (non-hydrogen) atoms. The number of anilines is 1. The summed E-state index contributed by atoms with van der Waals surface area (Å²) >= 11 is 1.14. The van der Waals surface area contributed by atoms with Gasteiger partial charge in [-0.1, -0.05) is 37.3 Å². The summed E-state index contributed by atoms with van der Waals surface area (Å²) in [6.07, 6.45) is 0.877. The molecule has 0 aliphatic heterocycles. The molecular formula is C23H23NO6S2. The maximum absolute atomic E-state index is 12.6. The fourth-order valence-electron chi connectivity index (χ4n) is 2.78. The van der Waals surface area contributed by atoms with Crippen molar-refractivity contribution in [1.82, 2.24) is 0 Å². The van der Waals surface area contributed by atoms with E-state index in [1.807, 2.05) is 19.1 Å². The largest absolute Gasteiger partial charge is 0.482 e. The Balaban J connectivity index is 1.49. The molecule has 0 atom stereocenters. The van der Waals surface area contributed by atoms with Gasteiger partial charge in [-0.3, -0.25) is 9.10 Å². The number of esters is 1. The maximum atomic E-state index is 12.6. The summed E-state index contributed by atoms with van der Waals surface area (Å²) in [6, 6.07) is 16.7. The lowest BCUT2D eigenvalue weighted by Gasteiger charge is -2.18. The van der Waals surface area contributed by atoms with Crippen LogP contribution < -0.4 is 9.04 Å². The molecule has 3 rings (SSSR count). The molecule has 9 heteroatoms. The minimum Gasteiger partial charge on any atom is -0.482 e. The number of hydrogen-bond donors (Lipinski definition) is 0. The lowest BCUT2D eigenvalue weighted by atomic mass is 10.1. The zero-order chi connectivity index (χ0) is 23.1. The number of hydrogen-bond acceptors (Lipinski definition) is 7. The smallest absolute Gasteiger partial charge is 0.344 e. The van der Waals surface area contributed by atoms with E-state index in [2.05, 4.69) is 0 Å². The van der Waals surface area contributed by atoms with E-state index in [-0.39, 0.29) is 23.2 Å². The van der Waals surface area contributed by atoms with Crippen LogP contribution in [-0.4, -0.2) is 40.4 Å². The highest BCUT2D eigenvalue weighted by Gasteiger charge is 2.22. The molecule has 0 saturated carbocycles. The summed E-state index contributed by atoms with van der Waals surface area (Å²) in [7, 11) is -2.16.